The van der Waals surface area contributed by atoms with Gasteiger partial charge >= 0.3 is 0 Å². The maximum Gasteiger partial charge on any atom is 0.224 e. The fourth-order valence-corrected chi connectivity index (χ4v) is 6.42. The van der Waals surface area contributed by atoms with Gasteiger partial charge in [-0.15, -0.1) is 0 Å². The summed E-state index contributed by atoms with van der Waals surface area (Å²) in [4.78, 5) is 70.1. The van der Waals surface area contributed by atoms with Crippen LogP contribution in [0.2, 0.25) is 0 Å². The lowest BCUT2D eigenvalue weighted by atomic mass is 9.87. The van der Waals surface area contributed by atoms with Crippen molar-refractivity contribution in [2.45, 2.75) is 104 Å². The summed E-state index contributed by atoms with van der Waals surface area (Å²) in [6.45, 7) is 10.3. The van der Waals surface area contributed by atoms with Crippen LogP contribution in [0.25, 0.3) is 0 Å². The monoisotopic (exact) mass is 673 g/mol. The molecule has 2 N–H and O–H groups in total. The van der Waals surface area contributed by atoms with Gasteiger partial charge in [0.15, 0.2) is 11.6 Å². The lowest BCUT2D eigenvalue weighted by Crippen LogP contribution is -2.49. The number of nitrogens with zero attached hydrogens (tertiary/aromatic N) is 1. The van der Waals surface area contributed by atoms with E-state index in [1.807, 2.05) is 109 Å². The maximum absolute atomic E-state index is 14.1. The number of nitrogens with one attached hydrogen (secondary N) is 2. The van der Waals surface area contributed by atoms with Crippen LogP contribution in [0.5, 0.6) is 0 Å². The van der Waals surface area contributed by atoms with Crippen LogP contribution < -0.4 is 10.6 Å². The second-order valence-corrected chi connectivity index (χ2v) is 15.6. The van der Waals surface area contributed by atoms with Crippen LogP contribution in [0.1, 0.15) is 90.7 Å². The van der Waals surface area contributed by atoms with E-state index >= 15 is 0 Å². The van der Waals surface area contributed by atoms with E-state index < -0.39 is 29.3 Å². The third-order valence-corrected chi connectivity index (χ3v) is 9.45. The molecule has 8 heteroatoms. The number of benzene rings is 2. The number of likely N-dealkylation sites (N-methyl/N-ethyl adjacent to an activating group) is 1. The number of carbonyl (C=O) groups excluding carboxylic acids is 5. The molecule has 0 spiro atoms. The Morgan fingerprint density at radius 1 is 0.714 bits per heavy atom. The molecule has 1 aliphatic carbocycles. The Balaban J connectivity index is 1.82. The number of hydrogen-bond donors (Lipinski definition) is 2. The van der Waals surface area contributed by atoms with E-state index in [2.05, 4.69) is 10.6 Å². The highest BCUT2D eigenvalue weighted by molar-refractivity contribution is 5.97. The first-order valence-electron chi connectivity index (χ1n) is 18.1. The normalized spacial score (nSPS) is 16.1. The molecule has 268 valence electrons. The molecule has 2 aromatic rings. The van der Waals surface area contributed by atoms with Gasteiger partial charge in [0, 0.05) is 30.1 Å². The smallest absolute Gasteiger partial charge is 0.224 e. The van der Waals surface area contributed by atoms with Gasteiger partial charge in [-0.25, -0.2) is 0 Å². The van der Waals surface area contributed by atoms with Gasteiger partial charge in [-0.2, -0.15) is 0 Å². The fourth-order valence-electron chi connectivity index (χ4n) is 6.42. The molecule has 1 saturated carbocycles. The summed E-state index contributed by atoms with van der Waals surface area (Å²) < 4.78 is 0. The summed E-state index contributed by atoms with van der Waals surface area (Å²) in [5, 5.41) is 6.08. The quantitative estimate of drug-likeness (QED) is 0.159. The third-order valence-electron chi connectivity index (χ3n) is 9.45. The van der Waals surface area contributed by atoms with Crippen molar-refractivity contribution in [3.8, 4) is 0 Å². The van der Waals surface area contributed by atoms with E-state index in [1.54, 1.807) is 4.90 Å². The van der Waals surface area contributed by atoms with E-state index in [-0.39, 0.29) is 60.4 Å². The van der Waals surface area contributed by atoms with Crippen molar-refractivity contribution in [2.75, 3.05) is 20.6 Å². The summed E-state index contributed by atoms with van der Waals surface area (Å²) in [5.74, 6) is -1.82. The van der Waals surface area contributed by atoms with Crippen LogP contribution in [0.15, 0.2) is 60.7 Å². The van der Waals surface area contributed by atoms with Crippen LogP contribution in [0.4, 0.5) is 0 Å². The SMILES string of the molecule is CC(C)C[C@H](NC(=O)[C@H](CCc1ccccc1)CC(=O)CN(C)C)C(=O)C[C@@H](Cc1ccccc1)C(=O)N[C@@H](CC(C)C)C(=O)C1(C)CC1. The molecule has 0 aromatic heterocycles. The van der Waals surface area contributed by atoms with Crippen molar-refractivity contribution in [3.63, 3.8) is 0 Å². The first-order chi connectivity index (χ1) is 23.2. The number of hydrogen-bond acceptors (Lipinski definition) is 6. The van der Waals surface area contributed by atoms with Gasteiger partial charge in [0.1, 0.15) is 5.78 Å². The molecule has 2 aromatic carbocycles. The van der Waals surface area contributed by atoms with Gasteiger partial charge in [-0.3, -0.25) is 24.0 Å². The zero-order valence-corrected chi connectivity index (χ0v) is 30.8. The molecule has 2 amide bonds. The second kappa shape index (κ2) is 18.9. The Morgan fingerprint density at radius 3 is 1.76 bits per heavy atom. The maximum atomic E-state index is 14.1. The Hall–Kier alpha value is -3.65. The summed E-state index contributed by atoms with van der Waals surface area (Å²) in [5.41, 5.74) is 1.60. The molecule has 49 heavy (non-hydrogen) atoms. The van der Waals surface area contributed by atoms with E-state index in [1.165, 1.54) is 0 Å². The molecule has 4 atom stereocenters. The van der Waals surface area contributed by atoms with Crippen LogP contribution in [0, 0.1) is 29.1 Å². The molecule has 0 bridgehead atoms. The van der Waals surface area contributed by atoms with Crippen molar-refractivity contribution < 1.29 is 24.0 Å². The lowest BCUT2D eigenvalue weighted by Gasteiger charge is -2.27. The van der Waals surface area contributed by atoms with Gasteiger partial charge in [-0.05, 0) is 82.0 Å². The molecule has 0 radical (unpaired) electrons. The van der Waals surface area contributed by atoms with Crippen LogP contribution >= 0.6 is 0 Å². The highest BCUT2D eigenvalue weighted by Gasteiger charge is 2.48. The largest absolute Gasteiger partial charge is 0.346 e. The second-order valence-electron chi connectivity index (χ2n) is 15.6. The van der Waals surface area contributed by atoms with Gasteiger partial charge in [-0.1, -0.05) is 95.3 Å². The average molecular weight is 674 g/mol. The molecule has 8 nitrogen and oxygen atoms in total. The number of carbonyl (C=O) groups is 5. The van der Waals surface area contributed by atoms with Crippen molar-refractivity contribution in [3.05, 3.63) is 71.8 Å². The lowest BCUT2D eigenvalue weighted by molar-refractivity contribution is -0.135. The first kappa shape index (κ1) is 39.8. The minimum atomic E-state index is -0.805. The zero-order chi connectivity index (χ0) is 36.1. The van der Waals surface area contributed by atoms with Crippen molar-refractivity contribution >= 4 is 29.2 Å². The molecule has 1 aliphatic rings. The fraction of sp³-hybridized carbons (Fsp3) is 0.585. The standard InChI is InChI=1S/C41H59N3O5/c1-28(2)22-35(42-39(48)32(25-34(45)27-44(6)7)19-18-30-14-10-8-11-15-30)37(46)26-33(24-31-16-12-9-13-17-31)40(49)43-36(23-29(3)4)38(47)41(5)20-21-41/h8-17,28-29,32-33,35-36H,18-27H2,1-7H3,(H,42,48)(H,43,49)/t32-,33-,35+,36+/m1/s1. The highest BCUT2D eigenvalue weighted by Crippen LogP contribution is 2.47. The number of aryl methyl sites for hydroxylation is 1. The number of amides is 2. The molecule has 0 heterocycles. The van der Waals surface area contributed by atoms with Gasteiger partial charge in [0.2, 0.25) is 11.8 Å². The highest BCUT2D eigenvalue weighted by atomic mass is 16.2. The van der Waals surface area contributed by atoms with Gasteiger partial charge in [0.25, 0.3) is 0 Å². The van der Waals surface area contributed by atoms with Crippen LogP contribution in [-0.4, -0.2) is 66.8 Å². The number of ketones is 3. The summed E-state index contributed by atoms with van der Waals surface area (Å²) in [7, 11) is 3.65. The Labute approximate surface area is 294 Å². The predicted octanol–water partition coefficient (Wildman–Crippen LogP) is 6.01. The molecule has 1 fully saturated rings. The van der Waals surface area contributed by atoms with Gasteiger partial charge < -0.3 is 15.5 Å². The Morgan fingerprint density at radius 2 is 1.22 bits per heavy atom. The molecule has 0 aliphatic heterocycles. The van der Waals surface area contributed by atoms with Crippen molar-refractivity contribution in [1.82, 2.24) is 15.5 Å². The first-order valence-corrected chi connectivity index (χ1v) is 18.1. The van der Waals surface area contributed by atoms with Crippen LogP contribution in [0.3, 0.4) is 0 Å². The zero-order valence-electron chi connectivity index (χ0n) is 30.8. The van der Waals surface area contributed by atoms with E-state index in [0.717, 1.165) is 24.0 Å². The third kappa shape index (κ3) is 13.6. The van der Waals surface area contributed by atoms with E-state index in [0.29, 0.717) is 32.1 Å². The average Bonchev–Trinajstić information content (AvgIpc) is 3.79. The van der Waals surface area contributed by atoms with E-state index in [9.17, 15) is 24.0 Å². The predicted molar refractivity (Wildman–Crippen MR) is 195 cm³/mol. The van der Waals surface area contributed by atoms with E-state index in [4.69, 9.17) is 0 Å². The van der Waals surface area contributed by atoms with Crippen molar-refractivity contribution in [2.24, 2.45) is 29.1 Å². The molecular weight excluding hydrogens is 614 g/mol. The summed E-state index contributed by atoms with van der Waals surface area (Å²) in [6, 6.07) is 18.0. The Kier molecular flexibility index (Phi) is 15.4. The topological polar surface area (TPSA) is 113 Å². The minimum absolute atomic E-state index is 0.0323. The molecule has 3 rings (SSSR count). The molecular formula is C41H59N3O5. The Bertz CT molecular complexity index is 1380. The molecule has 0 saturated heterocycles. The van der Waals surface area contributed by atoms with Crippen molar-refractivity contribution in [1.29, 1.82) is 0 Å². The summed E-state index contributed by atoms with van der Waals surface area (Å²) in [6.07, 6.45) is 4.04. The molecule has 0 unspecified atom stereocenters. The number of rotatable bonds is 22. The summed E-state index contributed by atoms with van der Waals surface area (Å²) >= 11 is 0. The van der Waals surface area contributed by atoms with Gasteiger partial charge in [0.05, 0.1) is 18.6 Å². The van der Waals surface area contributed by atoms with Crippen LogP contribution in [-0.2, 0) is 36.8 Å². The minimum Gasteiger partial charge on any atom is -0.346 e. The number of Topliss-reactive ketones (excluding diaryl/α,β-unsaturated/α-hetero) is 3.